The fourth-order valence-electron chi connectivity index (χ4n) is 0.866. The number of thiol groups is 1. The minimum atomic E-state index is 0.578. The molecule has 0 bridgehead atoms. The molecule has 1 rings (SSSR count). The highest BCUT2D eigenvalue weighted by atomic mass is 32.1. The Hall–Kier alpha value is 0.310. The second-order valence-corrected chi connectivity index (χ2v) is 2.91. The van der Waals surface area contributed by atoms with Crippen molar-refractivity contribution in [3.63, 3.8) is 0 Å². The Bertz CT molecular complexity index is 57.5. The quantitative estimate of drug-likeness (QED) is 0.464. The second-order valence-electron chi connectivity index (χ2n) is 2.18. The number of hydrogen-bond donors (Lipinski definition) is 2. The molecule has 1 unspecified atom stereocenters. The van der Waals surface area contributed by atoms with Gasteiger partial charge in [-0.2, -0.15) is 12.6 Å². The molecule has 1 N–H and O–H groups in total. The summed E-state index contributed by atoms with van der Waals surface area (Å²) in [5.74, 6) is 0. The van der Waals surface area contributed by atoms with Crippen LogP contribution in [0.1, 0.15) is 12.8 Å². The van der Waals surface area contributed by atoms with Crippen molar-refractivity contribution < 1.29 is 0 Å². The van der Waals surface area contributed by atoms with E-state index >= 15 is 0 Å². The summed E-state index contributed by atoms with van der Waals surface area (Å²) in [6.07, 6.45) is 4.73. The molecule has 8 heavy (non-hydrogen) atoms. The van der Waals surface area contributed by atoms with Gasteiger partial charge in [-0.25, -0.2) is 0 Å². The normalized spacial score (nSPS) is 31.9. The third-order valence-electron chi connectivity index (χ3n) is 1.37. The summed E-state index contributed by atoms with van der Waals surface area (Å²) in [7, 11) is 0. The lowest BCUT2D eigenvalue weighted by atomic mass is 10.2. The maximum absolute atomic E-state index is 4.35. The maximum atomic E-state index is 4.35. The molecule has 1 fully saturated rings. The number of nitrogens with one attached hydrogen (secondary N) is 1. The van der Waals surface area contributed by atoms with Gasteiger partial charge in [0.25, 0.3) is 0 Å². The van der Waals surface area contributed by atoms with Crippen molar-refractivity contribution in [2.45, 2.75) is 18.1 Å². The van der Waals surface area contributed by atoms with Crippen molar-refractivity contribution in [1.29, 1.82) is 0 Å². The maximum Gasteiger partial charge on any atom is 0.0142 e. The van der Waals surface area contributed by atoms with Crippen LogP contribution < -0.4 is 5.32 Å². The van der Waals surface area contributed by atoms with E-state index in [0.717, 1.165) is 13.1 Å². The zero-order chi connectivity index (χ0) is 5.82. The van der Waals surface area contributed by atoms with Gasteiger partial charge in [0.2, 0.25) is 0 Å². The van der Waals surface area contributed by atoms with Crippen LogP contribution in [-0.4, -0.2) is 18.3 Å². The fourth-order valence-corrected chi connectivity index (χ4v) is 1.14. The molecule has 1 aliphatic heterocycles. The van der Waals surface area contributed by atoms with E-state index < -0.39 is 0 Å². The lowest BCUT2D eigenvalue weighted by Gasteiger charge is -2.03. The van der Waals surface area contributed by atoms with Gasteiger partial charge in [-0.15, -0.1) is 0 Å². The molecule has 1 radical (unpaired) electrons. The van der Waals surface area contributed by atoms with Gasteiger partial charge in [0.1, 0.15) is 0 Å². The molecule has 2 heteroatoms. The standard InChI is InChI=1S/C6H12NS/c8-6-3-1-2-4-7-5-6/h2,6-8H,1,3-5H2. The van der Waals surface area contributed by atoms with Crippen LogP contribution in [0.15, 0.2) is 0 Å². The minimum Gasteiger partial charge on any atom is -0.315 e. The SMILES string of the molecule is SC1CC[CH]CNC1. The first-order valence-electron chi connectivity index (χ1n) is 3.10. The molecule has 0 saturated carbocycles. The molecule has 0 aliphatic carbocycles. The Labute approximate surface area is 56.3 Å². The van der Waals surface area contributed by atoms with E-state index in [1.807, 2.05) is 0 Å². The summed E-state index contributed by atoms with van der Waals surface area (Å²) in [4.78, 5) is 0. The molecular formula is C6H12NS. The van der Waals surface area contributed by atoms with Gasteiger partial charge in [-0.05, 0) is 25.8 Å². The Morgan fingerprint density at radius 1 is 1.62 bits per heavy atom. The van der Waals surface area contributed by atoms with Gasteiger partial charge in [0, 0.05) is 11.8 Å². The van der Waals surface area contributed by atoms with Crippen LogP contribution in [0.3, 0.4) is 0 Å². The summed E-state index contributed by atoms with van der Waals surface area (Å²) in [5.41, 5.74) is 0. The molecule has 0 spiro atoms. The second kappa shape index (κ2) is 3.36. The smallest absolute Gasteiger partial charge is 0.0142 e. The molecule has 1 nitrogen and oxygen atoms in total. The van der Waals surface area contributed by atoms with Crippen molar-refractivity contribution in [2.75, 3.05) is 13.1 Å². The van der Waals surface area contributed by atoms with Crippen molar-refractivity contribution >= 4 is 12.6 Å². The monoisotopic (exact) mass is 130 g/mol. The highest BCUT2D eigenvalue weighted by molar-refractivity contribution is 7.81. The van der Waals surface area contributed by atoms with Gasteiger partial charge < -0.3 is 5.32 Å². The lowest BCUT2D eigenvalue weighted by molar-refractivity contribution is 0.728. The summed E-state index contributed by atoms with van der Waals surface area (Å²) >= 11 is 4.35. The van der Waals surface area contributed by atoms with Gasteiger partial charge in [0.05, 0.1) is 0 Å². The van der Waals surface area contributed by atoms with Crippen molar-refractivity contribution in [3.8, 4) is 0 Å². The Balaban J connectivity index is 2.17. The molecule has 0 aromatic carbocycles. The van der Waals surface area contributed by atoms with E-state index in [4.69, 9.17) is 0 Å². The molecule has 1 heterocycles. The first-order chi connectivity index (χ1) is 3.89. The summed E-state index contributed by atoms with van der Waals surface area (Å²) in [5, 5.41) is 3.84. The van der Waals surface area contributed by atoms with Crippen molar-refractivity contribution in [1.82, 2.24) is 5.32 Å². The van der Waals surface area contributed by atoms with Crippen LogP contribution in [0, 0.1) is 6.42 Å². The third-order valence-corrected chi connectivity index (χ3v) is 1.81. The zero-order valence-electron chi connectivity index (χ0n) is 4.93. The van der Waals surface area contributed by atoms with E-state index in [1.165, 1.54) is 12.8 Å². The topological polar surface area (TPSA) is 12.0 Å². The van der Waals surface area contributed by atoms with Gasteiger partial charge in [-0.1, -0.05) is 0 Å². The molecule has 0 amide bonds. The highest BCUT2D eigenvalue weighted by Gasteiger charge is 2.05. The minimum absolute atomic E-state index is 0.578. The Morgan fingerprint density at radius 2 is 2.50 bits per heavy atom. The van der Waals surface area contributed by atoms with Crippen LogP contribution in [0.4, 0.5) is 0 Å². The summed E-state index contributed by atoms with van der Waals surface area (Å²) in [6.45, 7) is 2.14. The summed E-state index contributed by atoms with van der Waals surface area (Å²) < 4.78 is 0. The average Bonchev–Trinajstić information content (AvgIpc) is 1.94. The van der Waals surface area contributed by atoms with Crippen LogP contribution in [0.5, 0.6) is 0 Å². The largest absolute Gasteiger partial charge is 0.315 e. The van der Waals surface area contributed by atoms with Crippen LogP contribution in [-0.2, 0) is 0 Å². The predicted octanol–water partition coefficient (Wildman–Crippen LogP) is 0.872. The van der Waals surface area contributed by atoms with E-state index in [0.29, 0.717) is 5.25 Å². The molecular weight excluding hydrogens is 118 g/mol. The van der Waals surface area contributed by atoms with Gasteiger partial charge in [-0.3, -0.25) is 0 Å². The highest BCUT2D eigenvalue weighted by Crippen LogP contribution is 2.07. The van der Waals surface area contributed by atoms with Crippen LogP contribution in [0.2, 0.25) is 0 Å². The van der Waals surface area contributed by atoms with Gasteiger partial charge >= 0.3 is 0 Å². The first kappa shape index (κ1) is 6.43. The molecule has 0 aromatic heterocycles. The Morgan fingerprint density at radius 3 is 3.38 bits per heavy atom. The summed E-state index contributed by atoms with van der Waals surface area (Å²) in [6, 6.07) is 0. The third kappa shape index (κ3) is 2.05. The fraction of sp³-hybridized carbons (Fsp3) is 0.833. The van der Waals surface area contributed by atoms with Crippen molar-refractivity contribution in [3.05, 3.63) is 6.42 Å². The van der Waals surface area contributed by atoms with E-state index in [9.17, 15) is 0 Å². The molecule has 1 atom stereocenters. The van der Waals surface area contributed by atoms with Crippen LogP contribution in [0.25, 0.3) is 0 Å². The zero-order valence-corrected chi connectivity index (χ0v) is 5.82. The first-order valence-corrected chi connectivity index (χ1v) is 3.61. The van der Waals surface area contributed by atoms with Crippen LogP contribution >= 0.6 is 12.6 Å². The van der Waals surface area contributed by atoms with E-state index in [-0.39, 0.29) is 0 Å². The van der Waals surface area contributed by atoms with Crippen molar-refractivity contribution in [2.24, 2.45) is 0 Å². The molecule has 1 aliphatic rings. The van der Waals surface area contributed by atoms with Gasteiger partial charge in [0.15, 0.2) is 0 Å². The average molecular weight is 130 g/mol. The molecule has 1 saturated heterocycles. The molecule has 47 valence electrons. The Kier molecular flexibility index (Phi) is 2.70. The van der Waals surface area contributed by atoms with E-state index in [1.54, 1.807) is 0 Å². The number of hydrogen-bond acceptors (Lipinski definition) is 2. The number of rotatable bonds is 0. The molecule has 0 aromatic rings. The van der Waals surface area contributed by atoms with E-state index in [2.05, 4.69) is 24.4 Å². The lowest BCUT2D eigenvalue weighted by Crippen LogP contribution is -2.20. The predicted molar refractivity (Wildman–Crippen MR) is 39.2 cm³/mol.